The lowest BCUT2D eigenvalue weighted by Crippen LogP contribution is -3.07. The summed E-state index contributed by atoms with van der Waals surface area (Å²) >= 11 is 11.8. The Morgan fingerprint density at radius 2 is 1.92 bits per heavy atom. The van der Waals surface area contributed by atoms with E-state index in [-0.39, 0.29) is 12.8 Å². The van der Waals surface area contributed by atoms with Gasteiger partial charge in [-0.25, -0.2) is 0 Å². The van der Waals surface area contributed by atoms with E-state index in [4.69, 9.17) is 33.3 Å². The van der Waals surface area contributed by atoms with Crippen molar-refractivity contribution >= 4 is 28.9 Å². The summed E-state index contributed by atoms with van der Waals surface area (Å²) in [6.07, 6.45) is 0. The first-order valence-corrected chi connectivity index (χ1v) is 9.28. The van der Waals surface area contributed by atoms with Crippen molar-refractivity contribution in [3.8, 4) is 11.5 Å². The van der Waals surface area contributed by atoms with Gasteiger partial charge >= 0.3 is 0 Å². The summed E-state index contributed by atoms with van der Waals surface area (Å²) in [7, 11) is 4.22. The van der Waals surface area contributed by atoms with Crippen molar-refractivity contribution in [2.75, 3.05) is 27.4 Å². The second-order valence-electron chi connectivity index (χ2n) is 6.40. The lowest BCUT2D eigenvalue weighted by molar-refractivity contribution is -0.890. The van der Waals surface area contributed by atoms with E-state index < -0.39 is 0 Å². The van der Waals surface area contributed by atoms with Crippen molar-refractivity contribution in [2.45, 2.75) is 12.6 Å². The van der Waals surface area contributed by atoms with E-state index in [9.17, 15) is 0 Å². The van der Waals surface area contributed by atoms with Gasteiger partial charge < -0.3 is 25.0 Å². The van der Waals surface area contributed by atoms with Crippen LogP contribution in [0.15, 0.2) is 42.5 Å². The van der Waals surface area contributed by atoms with E-state index in [1.807, 2.05) is 36.4 Å². The molecule has 1 heterocycles. The number of rotatable bonds is 6. The van der Waals surface area contributed by atoms with Gasteiger partial charge in [-0.1, -0.05) is 35.9 Å². The summed E-state index contributed by atoms with van der Waals surface area (Å²) in [5.74, 6) is 1.56. The van der Waals surface area contributed by atoms with Crippen LogP contribution in [0, 0.1) is 0 Å². The standard InChI is InChI=1S/C19H22ClN3O2S/c1-23(2)16(14-5-3-4-6-15(14)20)11-22-19(26)21-10-13-7-8-17-18(9-13)25-12-24-17/h3-9,16H,10-12H2,1-2H3,(H2,21,22,26)/p+1/t16-/m1/s1. The number of hydrogen-bond donors (Lipinski definition) is 3. The van der Waals surface area contributed by atoms with Crippen molar-refractivity contribution < 1.29 is 14.4 Å². The van der Waals surface area contributed by atoms with Gasteiger partial charge in [0.1, 0.15) is 6.04 Å². The third-order valence-electron chi connectivity index (χ3n) is 4.33. The maximum atomic E-state index is 6.35. The Morgan fingerprint density at radius 3 is 2.69 bits per heavy atom. The lowest BCUT2D eigenvalue weighted by atomic mass is 10.1. The molecule has 26 heavy (non-hydrogen) atoms. The number of likely N-dealkylation sites (N-methyl/N-ethyl adjacent to an activating group) is 1. The van der Waals surface area contributed by atoms with Gasteiger partial charge in [0.05, 0.1) is 20.6 Å². The van der Waals surface area contributed by atoms with Gasteiger partial charge in [-0.15, -0.1) is 0 Å². The fourth-order valence-electron chi connectivity index (χ4n) is 2.87. The molecule has 2 aromatic carbocycles. The minimum Gasteiger partial charge on any atom is -0.454 e. The highest BCUT2D eigenvalue weighted by molar-refractivity contribution is 7.80. The topological polar surface area (TPSA) is 47.0 Å². The van der Waals surface area contributed by atoms with Crippen LogP contribution >= 0.6 is 23.8 Å². The SMILES string of the molecule is C[NH+](C)[C@H](CNC(=S)NCc1ccc2c(c1)OCO2)c1ccccc1Cl. The molecule has 0 aliphatic carbocycles. The number of ether oxygens (including phenoxy) is 2. The molecule has 0 amide bonds. The monoisotopic (exact) mass is 392 g/mol. The molecule has 3 rings (SSSR count). The van der Waals surface area contributed by atoms with Gasteiger partial charge in [-0.2, -0.15) is 0 Å². The van der Waals surface area contributed by atoms with Crippen molar-refractivity contribution in [2.24, 2.45) is 0 Å². The molecule has 0 unspecified atom stereocenters. The number of quaternary nitrogens is 1. The van der Waals surface area contributed by atoms with E-state index in [1.165, 1.54) is 4.90 Å². The van der Waals surface area contributed by atoms with Crippen LogP contribution in [-0.4, -0.2) is 32.5 Å². The largest absolute Gasteiger partial charge is 0.454 e. The third kappa shape index (κ3) is 4.58. The molecule has 0 spiro atoms. The van der Waals surface area contributed by atoms with Gasteiger partial charge in [0.15, 0.2) is 16.6 Å². The predicted molar refractivity (Wildman–Crippen MR) is 107 cm³/mol. The number of fused-ring (bicyclic) bond motifs is 1. The Bertz CT molecular complexity index is 785. The average Bonchev–Trinajstić information content (AvgIpc) is 3.09. The molecule has 0 saturated carbocycles. The first kappa shape index (κ1) is 18.8. The molecule has 138 valence electrons. The minimum absolute atomic E-state index is 0.203. The zero-order chi connectivity index (χ0) is 18.5. The van der Waals surface area contributed by atoms with Gasteiger partial charge in [0.25, 0.3) is 0 Å². The Hall–Kier alpha value is -2.02. The average molecular weight is 393 g/mol. The fraction of sp³-hybridized carbons (Fsp3) is 0.316. The second-order valence-corrected chi connectivity index (χ2v) is 7.22. The lowest BCUT2D eigenvalue weighted by Gasteiger charge is -2.24. The van der Waals surface area contributed by atoms with Gasteiger partial charge in [0, 0.05) is 17.1 Å². The van der Waals surface area contributed by atoms with Gasteiger partial charge in [0.2, 0.25) is 6.79 Å². The predicted octanol–water partition coefficient (Wildman–Crippen LogP) is 1.92. The Kier molecular flexibility index (Phi) is 6.19. The molecule has 5 nitrogen and oxygen atoms in total. The number of benzene rings is 2. The quantitative estimate of drug-likeness (QED) is 0.656. The van der Waals surface area contributed by atoms with Crippen molar-refractivity contribution in [3.63, 3.8) is 0 Å². The maximum Gasteiger partial charge on any atom is 0.231 e. The van der Waals surface area contributed by atoms with E-state index >= 15 is 0 Å². The smallest absolute Gasteiger partial charge is 0.231 e. The molecule has 1 aliphatic heterocycles. The normalized spacial score (nSPS) is 13.5. The number of hydrogen-bond acceptors (Lipinski definition) is 3. The third-order valence-corrected chi connectivity index (χ3v) is 4.97. The van der Waals surface area contributed by atoms with E-state index in [0.29, 0.717) is 18.2 Å². The number of nitrogens with one attached hydrogen (secondary N) is 3. The Labute approximate surface area is 164 Å². The van der Waals surface area contributed by atoms with Crippen LogP contribution in [0.4, 0.5) is 0 Å². The van der Waals surface area contributed by atoms with Crippen molar-refractivity contribution in [3.05, 3.63) is 58.6 Å². The summed E-state index contributed by atoms with van der Waals surface area (Å²) in [5.41, 5.74) is 2.19. The van der Waals surface area contributed by atoms with E-state index in [0.717, 1.165) is 27.6 Å². The molecular weight excluding hydrogens is 370 g/mol. The number of halogens is 1. The highest BCUT2D eigenvalue weighted by Gasteiger charge is 2.20. The minimum atomic E-state index is 0.203. The molecule has 0 fully saturated rings. The van der Waals surface area contributed by atoms with Crippen LogP contribution in [-0.2, 0) is 6.54 Å². The van der Waals surface area contributed by atoms with Crippen LogP contribution in [0.25, 0.3) is 0 Å². The maximum absolute atomic E-state index is 6.35. The molecule has 7 heteroatoms. The molecule has 3 N–H and O–H groups in total. The summed E-state index contributed by atoms with van der Waals surface area (Å²) in [6, 6.07) is 14.0. The van der Waals surface area contributed by atoms with Crippen LogP contribution in [0.1, 0.15) is 17.2 Å². The highest BCUT2D eigenvalue weighted by Crippen LogP contribution is 2.32. The van der Waals surface area contributed by atoms with Crippen molar-refractivity contribution in [1.82, 2.24) is 10.6 Å². The summed E-state index contributed by atoms with van der Waals surface area (Å²) < 4.78 is 10.7. The molecular formula is C19H23ClN3O2S+. The summed E-state index contributed by atoms with van der Waals surface area (Å²) in [5, 5.41) is 7.92. The molecule has 1 atom stereocenters. The van der Waals surface area contributed by atoms with Crippen LogP contribution in [0.2, 0.25) is 5.02 Å². The van der Waals surface area contributed by atoms with Crippen LogP contribution in [0.3, 0.4) is 0 Å². The van der Waals surface area contributed by atoms with E-state index in [1.54, 1.807) is 0 Å². The molecule has 2 aromatic rings. The van der Waals surface area contributed by atoms with E-state index in [2.05, 4.69) is 30.8 Å². The first-order chi connectivity index (χ1) is 12.5. The zero-order valence-corrected chi connectivity index (χ0v) is 16.4. The molecule has 1 aliphatic rings. The molecule has 0 bridgehead atoms. The zero-order valence-electron chi connectivity index (χ0n) is 14.8. The Morgan fingerprint density at radius 1 is 1.15 bits per heavy atom. The first-order valence-electron chi connectivity index (χ1n) is 8.49. The fourth-order valence-corrected chi connectivity index (χ4v) is 3.30. The molecule has 0 saturated heterocycles. The second kappa shape index (κ2) is 8.58. The summed E-state index contributed by atoms with van der Waals surface area (Å²) in [6.45, 7) is 1.59. The van der Waals surface area contributed by atoms with Crippen molar-refractivity contribution in [1.29, 1.82) is 0 Å². The van der Waals surface area contributed by atoms with Crippen LogP contribution < -0.4 is 25.0 Å². The Balaban J connectivity index is 1.53. The van der Waals surface area contributed by atoms with Crippen LogP contribution in [0.5, 0.6) is 11.5 Å². The summed E-state index contributed by atoms with van der Waals surface area (Å²) in [4.78, 5) is 1.28. The highest BCUT2D eigenvalue weighted by atomic mass is 35.5. The number of thiocarbonyl (C=S) groups is 1. The molecule has 0 aromatic heterocycles. The van der Waals surface area contributed by atoms with Gasteiger partial charge in [-0.3, -0.25) is 0 Å². The van der Waals surface area contributed by atoms with Gasteiger partial charge in [-0.05, 0) is 36.0 Å². The molecule has 0 radical (unpaired) electrons.